The number of amides is 2. The summed E-state index contributed by atoms with van der Waals surface area (Å²) in [6.45, 7) is 2.96. The number of Topliss-reactive ketones (excluding diaryl/α,β-unsaturated/α-hetero) is 1. The predicted octanol–water partition coefficient (Wildman–Crippen LogP) is 5.46. The number of carbonyl (C=O) groups excluding carboxylic acids is 3. The van der Waals surface area contributed by atoms with Crippen molar-refractivity contribution in [3.63, 3.8) is 0 Å². The van der Waals surface area contributed by atoms with E-state index < -0.39 is 6.36 Å². The number of ether oxygens (including phenoxy) is 2. The summed E-state index contributed by atoms with van der Waals surface area (Å²) in [6.07, 6.45) is -0.645. The van der Waals surface area contributed by atoms with E-state index in [0.29, 0.717) is 49.4 Å². The second-order valence-corrected chi connectivity index (χ2v) is 11.7. The Morgan fingerprint density at radius 2 is 1.46 bits per heavy atom. The fraction of sp³-hybridized carbons (Fsp3) is 0.412. The quantitative estimate of drug-likeness (QED) is 0.288. The molecule has 2 aliphatic rings. The number of ketones is 1. The first-order chi connectivity index (χ1) is 22.0. The minimum absolute atomic E-state index is 0.0227. The van der Waals surface area contributed by atoms with E-state index in [-0.39, 0.29) is 41.0 Å². The number of hydrogen-bond acceptors (Lipinski definition) is 7. The highest BCUT2D eigenvalue weighted by molar-refractivity contribution is 5.99. The van der Waals surface area contributed by atoms with Gasteiger partial charge in [-0.3, -0.25) is 24.3 Å². The summed E-state index contributed by atoms with van der Waals surface area (Å²) in [6, 6.07) is 16.1. The van der Waals surface area contributed by atoms with Gasteiger partial charge in [0.1, 0.15) is 17.2 Å². The van der Waals surface area contributed by atoms with Gasteiger partial charge >= 0.3 is 6.36 Å². The number of benzene rings is 2. The van der Waals surface area contributed by atoms with Crippen LogP contribution < -0.4 is 9.47 Å². The summed E-state index contributed by atoms with van der Waals surface area (Å²) in [5.41, 5.74) is 2.16. The molecule has 2 aliphatic heterocycles. The maximum Gasteiger partial charge on any atom is 0.573 e. The standard InChI is InChI=1S/C34H37F3N4O5/c1-39(27-15-17-40(18-16-27)22-23-3-8-29(9-4-23)46-34(35,36)37)32(43)26-7-12-30(38-21-26)33(44)41-19-13-25(14-20-41)31(42)24-5-10-28(45-2)11-6-24/h3-12,21,25,27H,13-20,22H2,1-2H3. The first kappa shape index (κ1) is 32.9. The van der Waals surface area contributed by atoms with Crippen LogP contribution in [0.1, 0.15) is 62.5 Å². The van der Waals surface area contributed by atoms with Crippen LogP contribution in [0.15, 0.2) is 66.9 Å². The first-order valence-electron chi connectivity index (χ1n) is 15.3. The molecule has 9 nitrogen and oxygen atoms in total. The van der Waals surface area contributed by atoms with Crippen LogP contribution in [0.2, 0.25) is 0 Å². The first-order valence-corrected chi connectivity index (χ1v) is 15.3. The molecule has 0 spiro atoms. The summed E-state index contributed by atoms with van der Waals surface area (Å²) in [7, 11) is 3.34. The SMILES string of the molecule is COc1ccc(C(=O)C2CCN(C(=O)c3ccc(C(=O)N(C)C4CCN(Cc5ccc(OC(F)(F)F)cc5)CC4)cn3)CC2)cc1. The molecule has 0 unspecified atom stereocenters. The van der Waals surface area contributed by atoms with Crippen molar-refractivity contribution >= 4 is 17.6 Å². The lowest BCUT2D eigenvalue weighted by atomic mass is 9.88. The number of likely N-dealkylation sites (tertiary alicyclic amines) is 2. The fourth-order valence-electron chi connectivity index (χ4n) is 6.03. The zero-order valence-electron chi connectivity index (χ0n) is 25.8. The van der Waals surface area contributed by atoms with Crippen LogP contribution in [0.4, 0.5) is 13.2 Å². The number of carbonyl (C=O) groups is 3. The van der Waals surface area contributed by atoms with Gasteiger partial charge in [0, 0.05) is 63.5 Å². The zero-order chi connectivity index (χ0) is 32.8. The van der Waals surface area contributed by atoms with Gasteiger partial charge in [-0.2, -0.15) is 0 Å². The van der Waals surface area contributed by atoms with Crippen molar-refractivity contribution in [3.05, 3.63) is 89.2 Å². The number of alkyl halides is 3. The summed E-state index contributed by atoms with van der Waals surface area (Å²) in [5, 5.41) is 0. The monoisotopic (exact) mass is 638 g/mol. The van der Waals surface area contributed by atoms with Gasteiger partial charge in [0.25, 0.3) is 11.8 Å². The Morgan fingerprint density at radius 1 is 0.848 bits per heavy atom. The molecule has 3 aromatic rings. The average molecular weight is 639 g/mol. The number of aromatic nitrogens is 1. The molecule has 5 rings (SSSR count). The molecular formula is C34H37F3N4O5. The van der Waals surface area contributed by atoms with Crippen molar-refractivity contribution < 1.29 is 37.0 Å². The number of nitrogens with zero attached hydrogens (tertiary/aromatic N) is 4. The molecule has 0 N–H and O–H groups in total. The maximum absolute atomic E-state index is 13.2. The molecule has 12 heteroatoms. The van der Waals surface area contributed by atoms with E-state index in [2.05, 4.69) is 14.6 Å². The molecule has 0 bridgehead atoms. The van der Waals surface area contributed by atoms with E-state index in [9.17, 15) is 27.6 Å². The summed E-state index contributed by atoms with van der Waals surface area (Å²) in [5.74, 6) is -0.0443. The normalized spacial score (nSPS) is 16.6. The maximum atomic E-state index is 13.2. The third-order valence-corrected chi connectivity index (χ3v) is 8.75. The molecule has 244 valence electrons. The number of hydrogen-bond donors (Lipinski definition) is 0. The molecule has 0 radical (unpaired) electrons. The molecular weight excluding hydrogens is 601 g/mol. The number of methoxy groups -OCH3 is 1. The van der Waals surface area contributed by atoms with Crippen molar-refractivity contribution in [3.8, 4) is 11.5 Å². The Labute approximate surface area is 265 Å². The molecule has 2 aromatic carbocycles. The molecule has 1 aromatic heterocycles. The van der Waals surface area contributed by atoms with E-state index in [4.69, 9.17) is 4.74 Å². The third kappa shape index (κ3) is 8.22. The highest BCUT2D eigenvalue weighted by atomic mass is 19.4. The van der Waals surface area contributed by atoms with Crippen LogP contribution in [-0.2, 0) is 6.54 Å². The summed E-state index contributed by atoms with van der Waals surface area (Å²) >= 11 is 0. The molecule has 2 fully saturated rings. The van der Waals surface area contributed by atoms with Gasteiger partial charge in [-0.15, -0.1) is 13.2 Å². The molecule has 0 saturated carbocycles. The van der Waals surface area contributed by atoms with Crippen LogP contribution in [0, 0.1) is 5.92 Å². The topological polar surface area (TPSA) is 92.3 Å². The molecule has 3 heterocycles. The summed E-state index contributed by atoms with van der Waals surface area (Å²) in [4.78, 5) is 49.2. The van der Waals surface area contributed by atoms with E-state index in [0.717, 1.165) is 31.5 Å². The Balaban J connectivity index is 1.07. The average Bonchev–Trinajstić information content (AvgIpc) is 3.08. The fourth-order valence-corrected chi connectivity index (χ4v) is 6.03. The van der Waals surface area contributed by atoms with Gasteiger partial charge < -0.3 is 19.3 Å². The second kappa shape index (κ2) is 14.3. The number of halogens is 3. The highest BCUT2D eigenvalue weighted by Crippen LogP contribution is 2.26. The van der Waals surface area contributed by atoms with Crippen LogP contribution in [0.5, 0.6) is 11.5 Å². The van der Waals surface area contributed by atoms with Crippen LogP contribution in [0.3, 0.4) is 0 Å². The van der Waals surface area contributed by atoms with E-state index in [1.165, 1.54) is 18.3 Å². The minimum Gasteiger partial charge on any atom is -0.497 e. The Hall–Kier alpha value is -4.45. The van der Waals surface area contributed by atoms with Crippen molar-refractivity contribution in [1.29, 1.82) is 0 Å². The molecule has 0 atom stereocenters. The van der Waals surface area contributed by atoms with E-state index >= 15 is 0 Å². The molecule has 46 heavy (non-hydrogen) atoms. The zero-order valence-corrected chi connectivity index (χ0v) is 25.8. The lowest BCUT2D eigenvalue weighted by molar-refractivity contribution is -0.274. The largest absolute Gasteiger partial charge is 0.573 e. The van der Waals surface area contributed by atoms with Crippen LogP contribution in [0.25, 0.3) is 0 Å². The Kier molecular flexibility index (Phi) is 10.3. The minimum atomic E-state index is -4.72. The summed E-state index contributed by atoms with van der Waals surface area (Å²) < 4.78 is 46.3. The van der Waals surface area contributed by atoms with Crippen molar-refractivity contribution in [2.45, 2.75) is 44.6 Å². The van der Waals surface area contributed by atoms with Gasteiger partial charge in [-0.25, -0.2) is 0 Å². The third-order valence-electron chi connectivity index (χ3n) is 8.75. The van der Waals surface area contributed by atoms with Crippen molar-refractivity contribution in [2.24, 2.45) is 5.92 Å². The van der Waals surface area contributed by atoms with E-state index in [1.807, 2.05) is 0 Å². The smallest absolute Gasteiger partial charge is 0.497 e. The van der Waals surface area contributed by atoms with E-state index in [1.54, 1.807) is 72.5 Å². The number of piperidine rings is 2. The van der Waals surface area contributed by atoms with Crippen LogP contribution in [-0.4, -0.2) is 90.0 Å². The van der Waals surface area contributed by atoms with Gasteiger partial charge in [-0.05, 0) is 79.8 Å². The van der Waals surface area contributed by atoms with Crippen molar-refractivity contribution in [1.82, 2.24) is 19.7 Å². The Morgan fingerprint density at radius 3 is 2.02 bits per heavy atom. The lowest BCUT2D eigenvalue weighted by Gasteiger charge is -2.36. The molecule has 0 aliphatic carbocycles. The highest BCUT2D eigenvalue weighted by Gasteiger charge is 2.32. The van der Waals surface area contributed by atoms with Gasteiger partial charge in [0.15, 0.2) is 5.78 Å². The predicted molar refractivity (Wildman–Crippen MR) is 164 cm³/mol. The lowest BCUT2D eigenvalue weighted by Crippen LogP contribution is -2.45. The number of pyridine rings is 1. The van der Waals surface area contributed by atoms with Crippen molar-refractivity contribution in [2.75, 3.05) is 40.3 Å². The molecule has 2 saturated heterocycles. The number of rotatable bonds is 9. The van der Waals surface area contributed by atoms with Gasteiger partial charge in [0.05, 0.1) is 12.7 Å². The van der Waals surface area contributed by atoms with Crippen LogP contribution >= 0.6 is 0 Å². The van der Waals surface area contributed by atoms with Gasteiger partial charge in [0.2, 0.25) is 0 Å². The van der Waals surface area contributed by atoms with Gasteiger partial charge in [-0.1, -0.05) is 12.1 Å². The molecule has 2 amide bonds. The Bertz CT molecular complexity index is 1500. The second-order valence-electron chi connectivity index (χ2n) is 11.7.